The number of nitrogens with one attached hydrogen (secondary N) is 1. The zero-order valence-electron chi connectivity index (χ0n) is 19.1. The van der Waals surface area contributed by atoms with Crippen molar-refractivity contribution in [2.24, 2.45) is 0 Å². The fourth-order valence-corrected chi connectivity index (χ4v) is 4.78. The molecular weight excluding hydrogens is 428 g/mol. The van der Waals surface area contributed by atoms with Gasteiger partial charge in [0.2, 0.25) is 5.95 Å². The first-order valence-corrected chi connectivity index (χ1v) is 11.1. The van der Waals surface area contributed by atoms with Gasteiger partial charge in [-0.3, -0.25) is 0 Å². The molecule has 1 aromatic heterocycles. The number of anilines is 1. The first-order chi connectivity index (χ1) is 16.7. The quantitative estimate of drug-likeness (QED) is 0.461. The van der Waals surface area contributed by atoms with E-state index in [0.717, 1.165) is 33.7 Å². The Morgan fingerprint density at radius 3 is 2.47 bits per heavy atom. The number of hydrogen-bond donors (Lipinski definition) is 1. The van der Waals surface area contributed by atoms with E-state index >= 15 is 0 Å². The predicted molar refractivity (Wildman–Crippen MR) is 129 cm³/mol. The highest BCUT2D eigenvalue weighted by atomic mass is 16.5. The topological polar surface area (TPSA) is 70.4 Å². The van der Waals surface area contributed by atoms with Gasteiger partial charge in [0.05, 0.1) is 19.9 Å². The van der Waals surface area contributed by atoms with Crippen LogP contribution in [0.4, 0.5) is 5.95 Å². The number of para-hydroxylation sites is 1. The maximum atomic E-state index is 6.66. The third-order valence-corrected chi connectivity index (χ3v) is 6.42. The van der Waals surface area contributed by atoms with Crippen LogP contribution in [0.5, 0.6) is 17.2 Å². The number of ether oxygens (including phenoxy) is 3. The lowest BCUT2D eigenvalue weighted by Gasteiger charge is -2.39. The van der Waals surface area contributed by atoms with E-state index in [4.69, 9.17) is 14.2 Å². The maximum Gasteiger partial charge on any atom is 0.226 e. The molecule has 6 rings (SSSR count). The van der Waals surface area contributed by atoms with Crippen molar-refractivity contribution in [2.75, 3.05) is 19.5 Å². The van der Waals surface area contributed by atoms with Crippen molar-refractivity contribution in [1.29, 1.82) is 0 Å². The van der Waals surface area contributed by atoms with Gasteiger partial charge in [-0.25, -0.2) is 4.68 Å². The van der Waals surface area contributed by atoms with Gasteiger partial charge >= 0.3 is 0 Å². The van der Waals surface area contributed by atoms with E-state index in [1.807, 2.05) is 41.1 Å². The minimum absolute atomic E-state index is 0.256. The summed E-state index contributed by atoms with van der Waals surface area (Å²) in [4.78, 5) is 4.49. The van der Waals surface area contributed by atoms with Crippen molar-refractivity contribution < 1.29 is 14.2 Å². The summed E-state index contributed by atoms with van der Waals surface area (Å²) in [6.45, 7) is 2.09. The normalized spacial score (nSPS) is 18.2. The highest BCUT2D eigenvalue weighted by Gasteiger charge is 2.41. The standard InChI is InChI=1S/C27H24N4O3/c1-16-8-10-17(11-9-16)26-23-24(19-6-4-5-7-20(19)34-26)30-27-28-15-29-31(27)25(23)18-12-13-21(32-2)22(14-18)33-3/h4-15,25-26H,1-3H3,(H,28,29,30)/t25-,26-/m0/s1. The Kier molecular flexibility index (Phi) is 4.76. The molecular formula is C27H24N4O3. The Hall–Kier alpha value is -4.26. The van der Waals surface area contributed by atoms with Crippen LogP contribution in [0.1, 0.15) is 34.4 Å². The SMILES string of the molecule is COc1ccc([C@H]2C3=C(Nc4ncnn42)c2ccccc2O[C@H]3c2ccc(C)cc2)cc1OC. The van der Waals surface area contributed by atoms with Crippen LogP contribution in [0, 0.1) is 6.92 Å². The summed E-state index contributed by atoms with van der Waals surface area (Å²) in [5.41, 5.74) is 6.33. The molecule has 0 saturated carbocycles. The van der Waals surface area contributed by atoms with Crippen LogP contribution in [0.2, 0.25) is 0 Å². The van der Waals surface area contributed by atoms with Gasteiger partial charge in [0.15, 0.2) is 11.5 Å². The second kappa shape index (κ2) is 7.95. The maximum absolute atomic E-state index is 6.66. The minimum atomic E-state index is -0.312. The van der Waals surface area contributed by atoms with E-state index in [0.29, 0.717) is 17.4 Å². The molecule has 0 saturated heterocycles. The number of benzene rings is 3. The first-order valence-electron chi connectivity index (χ1n) is 11.1. The summed E-state index contributed by atoms with van der Waals surface area (Å²) in [7, 11) is 3.28. The molecule has 7 nitrogen and oxygen atoms in total. The van der Waals surface area contributed by atoms with Crippen LogP contribution in [0.25, 0.3) is 5.70 Å². The third-order valence-electron chi connectivity index (χ3n) is 6.42. The monoisotopic (exact) mass is 452 g/mol. The highest BCUT2D eigenvalue weighted by Crippen LogP contribution is 2.51. The molecule has 3 aromatic carbocycles. The molecule has 0 radical (unpaired) electrons. The van der Waals surface area contributed by atoms with E-state index in [-0.39, 0.29) is 12.1 Å². The van der Waals surface area contributed by atoms with Gasteiger partial charge < -0.3 is 19.5 Å². The Morgan fingerprint density at radius 2 is 1.68 bits per heavy atom. The van der Waals surface area contributed by atoms with Gasteiger partial charge in [0.1, 0.15) is 24.2 Å². The summed E-state index contributed by atoms with van der Waals surface area (Å²) >= 11 is 0. The second-order valence-corrected chi connectivity index (χ2v) is 8.41. The molecule has 0 fully saturated rings. The van der Waals surface area contributed by atoms with Crippen LogP contribution < -0.4 is 19.5 Å². The average Bonchev–Trinajstić information content (AvgIpc) is 3.35. The average molecular weight is 453 g/mol. The summed E-state index contributed by atoms with van der Waals surface area (Å²) in [6, 6.07) is 22.3. The molecule has 2 aliphatic heterocycles. The lowest BCUT2D eigenvalue weighted by atomic mass is 9.84. The fraction of sp³-hybridized carbons (Fsp3) is 0.185. The van der Waals surface area contributed by atoms with E-state index < -0.39 is 0 Å². The fourth-order valence-electron chi connectivity index (χ4n) is 4.78. The summed E-state index contributed by atoms with van der Waals surface area (Å²) in [5.74, 6) is 2.84. The predicted octanol–water partition coefficient (Wildman–Crippen LogP) is 5.16. The molecule has 2 aliphatic rings. The molecule has 4 aromatic rings. The number of hydrogen-bond acceptors (Lipinski definition) is 6. The second-order valence-electron chi connectivity index (χ2n) is 8.41. The molecule has 2 atom stereocenters. The van der Waals surface area contributed by atoms with E-state index in [1.165, 1.54) is 5.56 Å². The van der Waals surface area contributed by atoms with E-state index in [1.54, 1.807) is 20.5 Å². The number of aryl methyl sites for hydroxylation is 1. The van der Waals surface area contributed by atoms with Crippen molar-refractivity contribution in [2.45, 2.75) is 19.1 Å². The van der Waals surface area contributed by atoms with Gasteiger partial charge in [-0.05, 0) is 42.3 Å². The Labute approximate surface area is 197 Å². The number of methoxy groups -OCH3 is 2. The number of nitrogens with zero attached hydrogens (tertiary/aromatic N) is 3. The van der Waals surface area contributed by atoms with Crippen molar-refractivity contribution in [1.82, 2.24) is 14.8 Å². The lowest BCUT2D eigenvalue weighted by Crippen LogP contribution is -2.32. The van der Waals surface area contributed by atoms with Gasteiger partial charge in [0.25, 0.3) is 0 Å². The summed E-state index contributed by atoms with van der Waals surface area (Å²) < 4.78 is 19.7. The summed E-state index contributed by atoms with van der Waals surface area (Å²) in [5, 5.41) is 8.11. The molecule has 0 aliphatic carbocycles. The van der Waals surface area contributed by atoms with Crippen LogP contribution in [0.15, 0.2) is 78.6 Å². The smallest absolute Gasteiger partial charge is 0.226 e. The Bertz CT molecular complexity index is 1410. The van der Waals surface area contributed by atoms with Crippen LogP contribution in [-0.4, -0.2) is 29.0 Å². The molecule has 7 heteroatoms. The zero-order valence-corrected chi connectivity index (χ0v) is 19.1. The van der Waals surface area contributed by atoms with Gasteiger partial charge in [-0.1, -0.05) is 48.0 Å². The van der Waals surface area contributed by atoms with Crippen molar-refractivity contribution >= 4 is 11.6 Å². The van der Waals surface area contributed by atoms with Gasteiger partial charge in [0, 0.05) is 11.1 Å². The zero-order chi connectivity index (χ0) is 23.2. The summed E-state index contributed by atoms with van der Waals surface area (Å²) in [6.07, 6.45) is 1.26. The lowest BCUT2D eigenvalue weighted by molar-refractivity contribution is 0.223. The Balaban J connectivity index is 1.61. The number of aromatic nitrogens is 3. The molecule has 170 valence electrons. The molecule has 34 heavy (non-hydrogen) atoms. The van der Waals surface area contributed by atoms with Crippen LogP contribution in [0.3, 0.4) is 0 Å². The third kappa shape index (κ3) is 3.12. The molecule has 0 bridgehead atoms. The van der Waals surface area contributed by atoms with Crippen LogP contribution >= 0.6 is 0 Å². The molecule has 0 spiro atoms. The minimum Gasteiger partial charge on any atom is -0.493 e. The molecule has 0 unspecified atom stereocenters. The molecule has 0 amide bonds. The molecule has 3 heterocycles. The van der Waals surface area contributed by atoms with E-state index in [2.05, 4.69) is 52.7 Å². The Morgan fingerprint density at radius 1 is 0.912 bits per heavy atom. The highest BCUT2D eigenvalue weighted by molar-refractivity contribution is 5.85. The largest absolute Gasteiger partial charge is 0.493 e. The van der Waals surface area contributed by atoms with Gasteiger partial charge in [-0.2, -0.15) is 10.1 Å². The number of fused-ring (bicyclic) bond motifs is 3. The first kappa shape index (κ1) is 20.4. The van der Waals surface area contributed by atoms with E-state index in [9.17, 15) is 0 Å². The van der Waals surface area contributed by atoms with Crippen molar-refractivity contribution in [3.63, 3.8) is 0 Å². The molecule has 1 N–H and O–H groups in total. The van der Waals surface area contributed by atoms with Crippen molar-refractivity contribution in [3.8, 4) is 17.2 Å². The number of rotatable bonds is 4. The van der Waals surface area contributed by atoms with Crippen molar-refractivity contribution in [3.05, 3.63) is 101 Å². The van der Waals surface area contributed by atoms with Crippen LogP contribution in [-0.2, 0) is 0 Å². The van der Waals surface area contributed by atoms with Gasteiger partial charge in [-0.15, -0.1) is 0 Å².